The first-order valence-corrected chi connectivity index (χ1v) is 9.61. The maximum absolute atomic E-state index is 12.3. The topological polar surface area (TPSA) is 79.9 Å². The third-order valence-corrected chi connectivity index (χ3v) is 5.09. The summed E-state index contributed by atoms with van der Waals surface area (Å²) < 4.78 is 10.6. The van der Waals surface area contributed by atoms with Crippen molar-refractivity contribution < 1.29 is 19.1 Å². The van der Waals surface area contributed by atoms with E-state index in [9.17, 15) is 9.59 Å². The number of likely N-dealkylation sites (N-methyl/N-ethyl adjacent to an activating group) is 1. The highest BCUT2D eigenvalue weighted by Gasteiger charge is 2.21. The molecule has 0 fully saturated rings. The molecule has 1 aliphatic rings. The predicted octanol–water partition coefficient (Wildman–Crippen LogP) is 2.64. The van der Waals surface area contributed by atoms with E-state index in [1.807, 2.05) is 31.1 Å². The lowest BCUT2D eigenvalue weighted by atomic mass is 10.0. The summed E-state index contributed by atoms with van der Waals surface area (Å²) in [6.45, 7) is 0.986. The number of carbonyl (C=O) groups excluding carboxylic acids is 2. The number of amides is 2. The van der Waals surface area contributed by atoms with Gasteiger partial charge in [0.05, 0.1) is 24.8 Å². The molecule has 1 heterocycles. The lowest BCUT2D eigenvalue weighted by Gasteiger charge is -2.25. The first kappa shape index (κ1) is 21.0. The van der Waals surface area contributed by atoms with Crippen molar-refractivity contribution in [2.45, 2.75) is 12.5 Å². The molecule has 7 nitrogen and oxygen atoms in total. The number of hydrogen-bond acceptors (Lipinski definition) is 5. The minimum Gasteiger partial charge on any atom is -0.495 e. The number of nitrogens with one attached hydrogen (secondary N) is 2. The van der Waals surface area contributed by atoms with Crippen LogP contribution in [0.2, 0.25) is 5.02 Å². The largest absolute Gasteiger partial charge is 0.495 e. The summed E-state index contributed by atoms with van der Waals surface area (Å²) in [6.07, 6.45) is 0.877. The van der Waals surface area contributed by atoms with Gasteiger partial charge in [-0.25, -0.2) is 0 Å². The van der Waals surface area contributed by atoms with Crippen molar-refractivity contribution in [3.63, 3.8) is 0 Å². The lowest BCUT2D eigenvalue weighted by Crippen LogP contribution is -2.40. The van der Waals surface area contributed by atoms with Gasteiger partial charge >= 0.3 is 11.8 Å². The van der Waals surface area contributed by atoms with Gasteiger partial charge in [-0.1, -0.05) is 23.7 Å². The SMILES string of the molecule is COc1ccc(NC(=O)C(=O)NC[C@H](c2ccc3c(c2)CCO3)N(C)C)cc1Cl. The van der Waals surface area contributed by atoms with Crippen molar-refractivity contribution >= 4 is 29.1 Å². The smallest absolute Gasteiger partial charge is 0.313 e. The number of nitrogens with zero attached hydrogens (tertiary/aromatic N) is 1. The Morgan fingerprint density at radius 2 is 2.00 bits per heavy atom. The summed E-state index contributed by atoms with van der Waals surface area (Å²) in [5, 5.41) is 5.59. The Labute approximate surface area is 174 Å². The van der Waals surface area contributed by atoms with Gasteiger partial charge < -0.3 is 25.0 Å². The standard InChI is InChI=1S/C21H24ClN3O4/c1-25(2)17(13-4-6-18-14(10-13)8-9-29-18)12-23-20(26)21(27)24-15-5-7-19(28-3)16(22)11-15/h4-7,10-11,17H,8-9,12H2,1-3H3,(H,23,26)(H,24,27)/t17-/m1/s1. The minimum atomic E-state index is -0.758. The zero-order valence-electron chi connectivity index (χ0n) is 16.6. The molecule has 154 valence electrons. The normalized spacial score (nSPS) is 13.4. The fourth-order valence-corrected chi connectivity index (χ4v) is 3.47. The van der Waals surface area contributed by atoms with Crippen LogP contribution in [0.4, 0.5) is 5.69 Å². The van der Waals surface area contributed by atoms with Crippen LogP contribution in [0.15, 0.2) is 36.4 Å². The number of halogens is 1. The molecule has 0 bridgehead atoms. The zero-order chi connectivity index (χ0) is 21.0. The van der Waals surface area contributed by atoms with Gasteiger partial charge in [-0.2, -0.15) is 0 Å². The van der Waals surface area contributed by atoms with Gasteiger partial charge in [0.1, 0.15) is 11.5 Å². The van der Waals surface area contributed by atoms with Crippen molar-refractivity contribution in [3.8, 4) is 11.5 Å². The number of hydrogen-bond donors (Lipinski definition) is 2. The number of anilines is 1. The Kier molecular flexibility index (Phi) is 6.61. The van der Waals surface area contributed by atoms with Crippen molar-refractivity contribution in [1.29, 1.82) is 0 Å². The van der Waals surface area contributed by atoms with E-state index in [1.165, 1.54) is 13.2 Å². The van der Waals surface area contributed by atoms with Crippen LogP contribution < -0.4 is 20.1 Å². The number of ether oxygens (including phenoxy) is 2. The molecule has 2 amide bonds. The van der Waals surface area contributed by atoms with Crippen LogP contribution in [0, 0.1) is 0 Å². The van der Waals surface area contributed by atoms with E-state index in [-0.39, 0.29) is 6.04 Å². The molecule has 0 unspecified atom stereocenters. The average Bonchev–Trinajstić information content (AvgIpc) is 3.15. The molecule has 0 saturated carbocycles. The molecule has 0 saturated heterocycles. The number of fused-ring (bicyclic) bond motifs is 1. The molecule has 1 atom stereocenters. The first-order chi connectivity index (χ1) is 13.9. The van der Waals surface area contributed by atoms with E-state index in [0.717, 1.165) is 23.3 Å². The Morgan fingerprint density at radius 3 is 2.69 bits per heavy atom. The van der Waals surface area contributed by atoms with Crippen LogP contribution in [0.5, 0.6) is 11.5 Å². The summed E-state index contributed by atoms with van der Waals surface area (Å²) in [5.74, 6) is -0.0742. The van der Waals surface area contributed by atoms with Crippen molar-refractivity contribution in [2.24, 2.45) is 0 Å². The number of rotatable bonds is 6. The summed E-state index contributed by atoms with van der Waals surface area (Å²) in [7, 11) is 5.36. The highest BCUT2D eigenvalue weighted by Crippen LogP contribution is 2.29. The summed E-state index contributed by atoms with van der Waals surface area (Å²) in [6, 6.07) is 10.7. The fourth-order valence-electron chi connectivity index (χ4n) is 3.21. The summed E-state index contributed by atoms with van der Waals surface area (Å²) >= 11 is 6.05. The Bertz CT molecular complexity index is 917. The van der Waals surface area contributed by atoms with Gasteiger partial charge in [-0.15, -0.1) is 0 Å². The van der Waals surface area contributed by atoms with Crippen molar-refractivity contribution in [1.82, 2.24) is 10.2 Å². The molecule has 0 spiro atoms. The van der Waals surface area contributed by atoms with Crippen LogP contribution in [0.1, 0.15) is 17.2 Å². The maximum atomic E-state index is 12.3. The zero-order valence-corrected chi connectivity index (χ0v) is 17.4. The van der Waals surface area contributed by atoms with Gasteiger partial charge in [0.2, 0.25) is 0 Å². The van der Waals surface area contributed by atoms with Crippen LogP contribution in [0.3, 0.4) is 0 Å². The third-order valence-electron chi connectivity index (χ3n) is 4.79. The number of benzene rings is 2. The highest BCUT2D eigenvalue weighted by atomic mass is 35.5. The molecule has 2 aromatic rings. The number of methoxy groups -OCH3 is 1. The van der Waals surface area contributed by atoms with E-state index in [1.54, 1.807) is 12.1 Å². The molecule has 3 rings (SSSR count). The fraction of sp³-hybridized carbons (Fsp3) is 0.333. The van der Waals surface area contributed by atoms with Gasteiger partial charge in [0.15, 0.2) is 0 Å². The Balaban J connectivity index is 1.61. The Hall–Kier alpha value is -2.77. The second kappa shape index (κ2) is 9.15. The molecule has 0 radical (unpaired) electrons. The molecule has 0 aliphatic carbocycles. The average molecular weight is 418 g/mol. The van der Waals surface area contributed by atoms with E-state index in [0.29, 0.717) is 29.6 Å². The Morgan fingerprint density at radius 1 is 1.21 bits per heavy atom. The quantitative estimate of drug-likeness (QED) is 0.706. The molecular formula is C21H24ClN3O4. The van der Waals surface area contributed by atoms with Crippen LogP contribution in [-0.2, 0) is 16.0 Å². The van der Waals surface area contributed by atoms with Crippen molar-refractivity contribution in [2.75, 3.05) is 39.7 Å². The molecule has 29 heavy (non-hydrogen) atoms. The second-order valence-electron chi connectivity index (χ2n) is 6.96. The molecule has 2 aromatic carbocycles. The predicted molar refractivity (Wildman–Crippen MR) is 112 cm³/mol. The third kappa shape index (κ3) is 4.99. The monoisotopic (exact) mass is 417 g/mol. The minimum absolute atomic E-state index is 0.0759. The van der Waals surface area contributed by atoms with Crippen LogP contribution in [0.25, 0.3) is 0 Å². The van der Waals surface area contributed by atoms with E-state index in [2.05, 4.69) is 16.7 Å². The van der Waals surface area contributed by atoms with Crippen molar-refractivity contribution in [3.05, 3.63) is 52.5 Å². The van der Waals surface area contributed by atoms with E-state index >= 15 is 0 Å². The van der Waals surface area contributed by atoms with E-state index < -0.39 is 11.8 Å². The first-order valence-electron chi connectivity index (χ1n) is 9.24. The lowest BCUT2D eigenvalue weighted by molar-refractivity contribution is -0.136. The molecule has 1 aliphatic heterocycles. The highest BCUT2D eigenvalue weighted by molar-refractivity contribution is 6.40. The van der Waals surface area contributed by atoms with Gasteiger partial charge in [-0.05, 0) is 49.5 Å². The van der Waals surface area contributed by atoms with Gasteiger partial charge in [-0.3, -0.25) is 9.59 Å². The maximum Gasteiger partial charge on any atom is 0.313 e. The summed E-state index contributed by atoms with van der Waals surface area (Å²) in [5.41, 5.74) is 2.63. The van der Waals surface area contributed by atoms with Crippen LogP contribution >= 0.6 is 11.6 Å². The van der Waals surface area contributed by atoms with Gasteiger partial charge in [0, 0.05) is 18.7 Å². The van der Waals surface area contributed by atoms with Gasteiger partial charge in [0.25, 0.3) is 0 Å². The molecule has 0 aromatic heterocycles. The summed E-state index contributed by atoms with van der Waals surface area (Å²) in [4.78, 5) is 26.5. The van der Waals surface area contributed by atoms with Crippen LogP contribution in [-0.4, -0.2) is 51.1 Å². The molecule has 2 N–H and O–H groups in total. The molecule has 8 heteroatoms. The van der Waals surface area contributed by atoms with E-state index in [4.69, 9.17) is 21.1 Å². The molecular weight excluding hydrogens is 394 g/mol. The second-order valence-corrected chi connectivity index (χ2v) is 7.37. The number of carbonyl (C=O) groups is 2.